The number of furan rings is 1. The number of hydrogen-bond donors (Lipinski definition) is 0. The number of benzene rings is 9. The summed E-state index contributed by atoms with van der Waals surface area (Å²) >= 11 is 0. The summed E-state index contributed by atoms with van der Waals surface area (Å²) in [6.45, 7) is 0. The number of fused-ring (bicyclic) bond motifs is 8. The number of para-hydroxylation sites is 1. The third kappa shape index (κ3) is 5.11. The quantitative estimate of drug-likeness (QED) is 0.168. The number of hydrogen-bond acceptors (Lipinski definition) is 4. The second-order valence-electron chi connectivity index (χ2n) is 13.9. The molecule has 0 atom stereocenters. The Hall–Kier alpha value is -7.43. The highest BCUT2D eigenvalue weighted by atomic mass is 16.3. The fourth-order valence-corrected chi connectivity index (χ4v) is 8.21. The molecule has 2 heterocycles. The van der Waals surface area contributed by atoms with Crippen molar-refractivity contribution in [3.8, 4) is 56.4 Å². The zero-order valence-electron chi connectivity index (χ0n) is 29.6. The zero-order chi connectivity index (χ0) is 36.3. The van der Waals surface area contributed by atoms with Gasteiger partial charge in [-0.15, -0.1) is 0 Å². The molecular formula is C51H31N3O. The van der Waals surface area contributed by atoms with Gasteiger partial charge in [0.1, 0.15) is 11.2 Å². The first-order valence-electron chi connectivity index (χ1n) is 18.5. The summed E-state index contributed by atoms with van der Waals surface area (Å²) in [7, 11) is 0. The SMILES string of the molecule is c1ccc(-c2nc(-c3ccccc3-c3cc4ccc5ccccc5c4c4ccccc34)nc(-c3ccc(-c4ccccc4)c4oc5ccccc5c34)n2)cc1. The summed E-state index contributed by atoms with van der Waals surface area (Å²) in [4.78, 5) is 15.8. The van der Waals surface area contributed by atoms with E-state index in [4.69, 9.17) is 19.4 Å². The van der Waals surface area contributed by atoms with E-state index in [-0.39, 0.29) is 0 Å². The van der Waals surface area contributed by atoms with E-state index in [1.54, 1.807) is 0 Å². The molecule has 0 aliphatic heterocycles. The molecule has 9 aromatic carbocycles. The van der Waals surface area contributed by atoms with Crippen molar-refractivity contribution in [3.05, 3.63) is 188 Å². The summed E-state index contributed by atoms with van der Waals surface area (Å²) in [5, 5.41) is 9.33. The van der Waals surface area contributed by atoms with Crippen molar-refractivity contribution < 1.29 is 4.42 Å². The predicted octanol–water partition coefficient (Wildman–Crippen LogP) is 13.6. The van der Waals surface area contributed by atoms with Gasteiger partial charge in [0.25, 0.3) is 0 Å². The first-order valence-corrected chi connectivity index (χ1v) is 18.5. The molecule has 0 saturated heterocycles. The minimum atomic E-state index is 0.588. The largest absolute Gasteiger partial charge is 0.455 e. The maximum atomic E-state index is 6.64. The smallest absolute Gasteiger partial charge is 0.164 e. The lowest BCUT2D eigenvalue weighted by Gasteiger charge is -2.16. The first-order chi connectivity index (χ1) is 27.3. The van der Waals surface area contributed by atoms with Crippen LogP contribution in [-0.4, -0.2) is 15.0 Å². The Morgan fingerprint density at radius 2 is 0.873 bits per heavy atom. The van der Waals surface area contributed by atoms with Gasteiger partial charge < -0.3 is 4.42 Å². The lowest BCUT2D eigenvalue weighted by molar-refractivity contribution is 0.670. The van der Waals surface area contributed by atoms with Gasteiger partial charge >= 0.3 is 0 Å². The second-order valence-corrected chi connectivity index (χ2v) is 13.9. The monoisotopic (exact) mass is 701 g/mol. The van der Waals surface area contributed by atoms with Gasteiger partial charge in [0.05, 0.1) is 0 Å². The van der Waals surface area contributed by atoms with E-state index in [1.807, 2.05) is 36.4 Å². The molecule has 0 bridgehead atoms. The standard InChI is InChI=1S/C51H31N3O/c1-3-15-32(16-4-1)37-29-30-43(47-42-25-13-14-26-45(42)55-48(37)47)51-53-49(34-18-5-2-6-19-34)52-50(54-51)41-24-12-10-22-39(41)44-31-35-28-27-33-17-7-8-20-36(33)46(35)40-23-11-9-21-38(40)44/h1-31H. The van der Waals surface area contributed by atoms with Crippen LogP contribution in [0.1, 0.15) is 0 Å². The van der Waals surface area contributed by atoms with Crippen LogP contribution in [-0.2, 0) is 0 Å². The maximum Gasteiger partial charge on any atom is 0.164 e. The summed E-state index contributed by atoms with van der Waals surface area (Å²) in [5.74, 6) is 1.80. The fourth-order valence-electron chi connectivity index (χ4n) is 8.21. The molecule has 0 radical (unpaired) electrons. The van der Waals surface area contributed by atoms with Crippen molar-refractivity contribution in [3.63, 3.8) is 0 Å². The highest BCUT2D eigenvalue weighted by molar-refractivity contribution is 6.23. The van der Waals surface area contributed by atoms with Crippen molar-refractivity contribution >= 4 is 54.3 Å². The van der Waals surface area contributed by atoms with Crippen LogP contribution in [0.5, 0.6) is 0 Å². The Morgan fingerprint density at radius 3 is 1.67 bits per heavy atom. The molecule has 11 rings (SSSR count). The average molecular weight is 702 g/mol. The molecule has 11 aromatic rings. The lowest BCUT2D eigenvalue weighted by atomic mass is 9.89. The molecule has 4 heteroatoms. The summed E-state index contributed by atoms with van der Waals surface area (Å²) in [6, 6.07) is 65.6. The van der Waals surface area contributed by atoms with Crippen LogP contribution in [0.4, 0.5) is 0 Å². The molecule has 4 nitrogen and oxygen atoms in total. The zero-order valence-corrected chi connectivity index (χ0v) is 29.6. The number of nitrogens with zero attached hydrogens (tertiary/aromatic N) is 3. The van der Waals surface area contributed by atoms with Gasteiger partial charge in [0.2, 0.25) is 0 Å². The molecule has 2 aromatic heterocycles. The van der Waals surface area contributed by atoms with Gasteiger partial charge in [0, 0.05) is 33.0 Å². The number of aromatic nitrogens is 3. The highest BCUT2D eigenvalue weighted by Gasteiger charge is 2.22. The molecule has 0 unspecified atom stereocenters. The first kappa shape index (κ1) is 31.1. The van der Waals surface area contributed by atoms with Crippen molar-refractivity contribution in [1.82, 2.24) is 15.0 Å². The molecule has 256 valence electrons. The van der Waals surface area contributed by atoms with Crippen molar-refractivity contribution in [1.29, 1.82) is 0 Å². The van der Waals surface area contributed by atoms with Crippen LogP contribution in [0.25, 0.3) is 111 Å². The minimum Gasteiger partial charge on any atom is -0.455 e. The van der Waals surface area contributed by atoms with Crippen LogP contribution in [0.2, 0.25) is 0 Å². The molecule has 55 heavy (non-hydrogen) atoms. The van der Waals surface area contributed by atoms with E-state index in [2.05, 4.69) is 152 Å². The average Bonchev–Trinajstić information content (AvgIpc) is 3.66. The lowest BCUT2D eigenvalue weighted by Crippen LogP contribution is -2.01. The van der Waals surface area contributed by atoms with E-state index in [1.165, 1.54) is 32.3 Å². The van der Waals surface area contributed by atoms with Crippen molar-refractivity contribution in [2.24, 2.45) is 0 Å². The van der Waals surface area contributed by atoms with Crippen molar-refractivity contribution in [2.75, 3.05) is 0 Å². The van der Waals surface area contributed by atoms with Gasteiger partial charge in [0.15, 0.2) is 17.5 Å². The molecule has 0 N–H and O–H groups in total. The predicted molar refractivity (Wildman–Crippen MR) is 227 cm³/mol. The molecule has 0 fully saturated rings. The Balaban J connectivity index is 1.18. The summed E-state index contributed by atoms with van der Waals surface area (Å²) in [6.07, 6.45) is 0. The van der Waals surface area contributed by atoms with Crippen LogP contribution in [0, 0.1) is 0 Å². The van der Waals surface area contributed by atoms with Gasteiger partial charge in [-0.05, 0) is 73.3 Å². The Morgan fingerprint density at radius 1 is 0.309 bits per heavy atom. The van der Waals surface area contributed by atoms with Gasteiger partial charge in [-0.25, -0.2) is 15.0 Å². The van der Waals surface area contributed by atoms with Gasteiger partial charge in [-0.2, -0.15) is 0 Å². The Bertz CT molecular complexity index is 3260. The maximum absolute atomic E-state index is 6.64. The van der Waals surface area contributed by atoms with Crippen LogP contribution < -0.4 is 0 Å². The van der Waals surface area contributed by atoms with Gasteiger partial charge in [-0.1, -0.05) is 164 Å². The van der Waals surface area contributed by atoms with E-state index in [0.717, 1.165) is 60.9 Å². The van der Waals surface area contributed by atoms with E-state index in [0.29, 0.717) is 17.5 Å². The van der Waals surface area contributed by atoms with E-state index < -0.39 is 0 Å². The van der Waals surface area contributed by atoms with E-state index >= 15 is 0 Å². The fraction of sp³-hybridized carbons (Fsp3) is 0. The molecule has 0 aliphatic carbocycles. The van der Waals surface area contributed by atoms with Crippen LogP contribution in [0.3, 0.4) is 0 Å². The third-order valence-electron chi connectivity index (χ3n) is 10.7. The third-order valence-corrected chi connectivity index (χ3v) is 10.7. The summed E-state index contributed by atoms with van der Waals surface area (Å²) < 4.78 is 6.64. The summed E-state index contributed by atoms with van der Waals surface area (Å²) in [5.41, 5.74) is 8.67. The second kappa shape index (κ2) is 12.6. The molecule has 0 aliphatic rings. The molecule has 0 saturated carbocycles. The van der Waals surface area contributed by atoms with Crippen LogP contribution in [0.15, 0.2) is 192 Å². The molecular weight excluding hydrogens is 671 g/mol. The highest BCUT2D eigenvalue weighted by Crippen LogP contribution is 2.44. The number of rotatable bonds is 5. The van der Waals surface area contributed by atoms with Gasteiger partial charge in [-0.3, -0.25) is 0 Å². The minimum absolute atomic E-state index is 0.588. The van der Waals surface area contributed by atoms with Crippen molar-refractivity contribution in [2.45, 2.75) is 0 Å². The molecule has 0 spiro atoms. The molecule has 0 amide bonds. The normalized spacial score (nSPS) is 11.6. The Kier molecular flexibility index (Phi) is 7.14. The topological polar surface area (TPSA) is 51.8 Å². The van der Waals surface area contributed by atoms with E-state index in [9.17, 15) is 0 Å². The Labute approximate surface area is 317 Å². The van der Waals surface area contributed by atoms with Crippen LogP contribution >= 0.6 is 0 Å².